The number of ether oxygens (including phenoxy) is 1. The second-order valence-corrected chi connectivity index (χ2v) is 12.4. The van der Waals surface area contributed by atoms with E-state index in [0.29, 0.717) is 11.3 Å². The van der Waals surface area contributed by atoms with E-state index in [1.807, 2.05) is 0 Å². The highest BCUT2D eigenvalue weighted by atomic mass is 28.4. The zero-order chi connectivity index (χ0) is 18.4. The summed E-state index contributed by atoms with van der Waals surface area (Å²) in [5.41, 5.74) is 2.97. The Bertz CT molecular complexity index is 608. The largest absolute Gasteiger partial charge is 0.496 e. The van der Waals surface area contributed by atoms with E-state index in [0.717, 1.165) is 0 Å². The van der Waals surface area contributed by atoms with Gasteiger partial charge in [-0.15, -0.1) is 0 Å². The summed E-state index contributed by atoms with van der Waals surface area (Å²) >= 11 is 0. The van der Waals surface area contributed by atoms with E-state index in [9.17, 15) is 13.2 Å². The van der Waals surface area contributed by atoms with Crippen molar-refractivity contribution in [2.45, 2.75) is 57.3 Å². The molecule has 8 heteroatoms. The van der Waals surface area contributed by atoms with Gasteiger partial charge in [-0.3, -0.25) is 0 Å². The first-order valence-corrected chi connectivity index (χ1v) is 10.7. The molecule has 0 aromatic heterocycles. The smallest absolute Gasteiger partial charge is 0.426 e. The van der Waals surface area contributed by atoms with E-state index in [-0.39, 0.29) is 17.2 Å². The van der Waals surface area contributed by atoms with Crippen molar-refractivity contribution in [3.05, 3.63) is 29.3 Å². The summed E-state index contributed by atoms with van der Waals surface area (Å²) in [6, 6.07) is 4.45. The standard InChI is InChI=1S/C16H25F3N2O2Si/c1-14(2,3)24(5,6)23-10-11-9-12(7-8-13(11)22-4)15(20-21-15)16(17,18)19/h7-9,20-21H,10H2,1-6H3. The lowest BCUT2D eigenvalue weighted by Gasteiger charge is -2.36. The zero-order valence-corrected chi connectivity index (χ0v) is 15.9. The molecule has 1 aromatic rings. The summed E-state index contributed by atoms with van der Waals surface area (Å²) < 4.78 is 51.2. The van der Waals surface area contributed by atoms with Gasteiger partial charge in [-0.25, -0.2) is 10.9 Å². The minimum absolute atomic E-state index is 0.0185. The Morgan fingerprint density at radius 2 is 1.71 bits per heavy atom. The van der Waals surface area contributed by atoms with Crippen LogP contribution in [-0.2, 0) is 16.7 Å². The predicted octanol–water partition coefficient (Wildman–Crippen LogP) is 4.04. The Hall–Kier alpha value is -1.09. The van der Waals surface area contributed by atoms with Gasteiger partial charge in [0.25, 0.3) is 0 Å². The number of halogens is 3. The summed E-state index contributed by atoms with van der Waals surface area (Å²) in [5, 5.41) is 0.0185. The van der Waals surface area contributed by atoms with Crippen molar-refractivity contribution in [1.82, 2.24) is 10.9 Å². The minimum Gasteiger partial charge on any atom is -0.496 e. The molecule has 0 saturated carbocycles. The molecule has 1 heterocycles. The van der Waals surface area contributed by atoms with Gasteiger partial charge in [0.1, 0.15) is 5.75 Å². The first-order valence-electron chi connectivity index (χ1n) is 7.76. The van der Waals surface area contributed by atoms with E-state index >= 15 is 0 Å². The lowest BCUT2D eigenvalue weighted by Crippen LogP contribution is -2.40. The third-order valence-electron chi connectivity index (χ3n) is 4.91. The lowest BCUT2D eigenvalue weighted by molar-refractivity contribution is -0.165. The lowest BCUT2D eigenvalue weighted by atomic mass is 10.0. The van der Waals surface area contributed by atoms with E-state index in [2.05, 4.69) is 44.7 Å². The van der Waals surface area contributed by atoms with Crippen LogP contribution < -0.4 is 15.6 Å². The van der Waals surface area contributed by atoms with Gasteiger partial charge in [-0.1, -0.05) is 26.8 Å². The molecule has 0 atom stereocenters. The van der Waals surface area contributed by atoms with Gasteiger partial charge >= 0.3 is 6.18 Å². The summed E-state index contributed by atoms with van der Waals surface area (Å²) in [6.45, 7) is 10.8. The van der Waals surface area contributed by atoms with Crippen LogP contribution in [0.5, 0.6) is 5.75 Å². The molecular formula is C16H25F3N2O2Si. The molecule has 0 amide bonds. The van der Waals surface area contributed by atoms with E-state index in [1.54, 1.807) is 6.07 Å². The number of alkyl halides is 3. The van der Waals surface area contributed by atoms with E-state index < -0.39 is 20.2 Å². The fraction of sp³-hybridized carbons (Fsp3) is 0.625. The Morgan fingerprint density at radius 3 is 2.12 bits per heavy atom. The predicted molar refractivity (Wildman–Crippen MR) is 89.0 cm³/mol. The molecule has 24 heavy (non-hydrogen) atoms. The van der Waals surface area contributed by atoms with Gasteiger partial charge in [0.15, 0.2) is 8.32 Å². The van der Waals surface area contributed by atoms with Crippen LogP contribution in [0.3, 0.4) is 0 Å². The average Bonchev–Trinajstić information content (AvgIpc) is 3.24. The maximum atomic E-state index is 13.2. The first kappa shape index (κ1) is 19.2. The van der Waals surface area contributed by atoms with Gasteiger partial charge in [0.05, 0.1) is 13.7 Å². The highest BCUT2D eigenvalue weighted by Crippen LogP contribution is 2.43. The van der Waals surface area contributed by atoms with Crippen LogP contribution >= 0.6 is 0 Å². The Balaban J connectivity index is 2.28. The average molecular weight is 362 g/mol. The molecule has 0 aliphatic carbocycles. The molecule has 0 radical (unpaired) electrons. The normalized spacial score (nSPS) is 17.7. The van der Waals surface area contributed by atoms with Crippen LogP contribution in [-0.4, -0.2) is 21.6 Å². The molecule has 2 N–H and O–H groups in total. The topological polar surface area (TPSA) is 62.3 Å². The SMILES string of the molecule is COc1ccc(C2(C(F)(F)F)NN2)cc1CO[Si](C)(C)C(C)(C)C. The maximum Gasteiger partial charge on any atom is 0.426 e. The summed E-state index contributed by atoms with van der Waals surface area (Å²) in [4.78, 5) is 0. The number of hydrazine groups is 1. The molecule has 2 rings (SSSR count). The highest BCUT2D eigenvalue weighted by Gasteiger charge is 2.65. The zero-order valence-electron chi connectivity index (χ0n) is 14.9. The van der Waals surface area contributed by atoms with Crippen LogP contribution in [0.4, 0.5) is 13.2 Å². The van der Waals surface area contributed by atoms with Crippen molar-refractivity contribution in [1.29, 1.82) is 0 Å². The summed E-state index contributed by atoms with van der Waals surface area (Å²) in [7, 11) is -0.519. The number of rotatable bonds is 5. The molecule has 1 aliphatic rings. The van der Waals surface area contributed by atoms with E-state index in [1.165, 1.54) is 19.2 Å². The first-order chi connectivity index (χ1) is 10.8. The Morgan fingerprint density at radius 1 is 1.12 bits per heavy atom. The number of hydrogen-bond donors (Lipinski definition) is 2. The number of hydrogen-bond acceptors (Lipinski definition) is 4. The quantitative estimate of drug-likeness (QED) is 0.613. The number of benzene rings is 1. The third kappa shape index (κ3) is 3.46. The van der Waals surface area contributed by atoms with Crippen molar-refractivity contribution in [3.63, 3.8) is 0 Å². The molecule has 0 bridgehead atoms. The van der Waals surface area contributed by atoms with Crippen LogP contribution in [0, 0.1) is 0 Å². The van der Waals surface area contributed by atoms with Crippen LogP contribution in [0.25, 0.3) is 0 Å². The van der Waals surface area contributed by atoms with Gasteiger partial charge in [-0.2, -0.15) is 13.2 Å². The molecule has 0 spiro atoms. The van der Waals surface area contributed by atoms with Crippen molar-refractivity contribution >= 4 is 8.32 Å². The van der Waals surface area contributed by atoms with Crippen molar-refractivity contribution in [2.24, 2.45) is 0 Å². The van der Waals surface area contributed by atoms with Crippen LogP contribution in [0.2, 0.25) is 18.1 Å². The van der Waals surface area contributed by atoms with Crippen LogP contribution in [0.1, 0.15) is 31.9 Å². The Kier molecular flexibility index (Phi) is 4.82. The number of methoxy groups -OCH3 is 1. The van der Waals surface area contributed by atoms with Gasteiger partial charge < -0.3 is 9.16 Å². The summed E-state index contributed by atoms with van der Waals surface area (Å²) in [6.07, 6.45) is -4.43. The van der Waals surface area contributed by atoms with Crippen molar-refractivity contribution in [2.75, 3.05) is 7.11 Å². The van der Waals surface area contributed by atoms with Crippen molar-refractivity contribution in [3.8, 4) is 5.75 Å². The fourth-order valence-electron chi connectivity index (χ4n) is 2.11. The fourth-order valence-corrected chi connectivity index (χ4v) is 3.06. The van der Waals surface area contributed by atoms with Gasteiger partial charge in [-0.05, 0) is 35.8 Å². The third-order valence-corrected chi connectivity index (χ3v) is 9.39. The molecule has 1 aromatic carbocycles. The maximum absolute atomic E-state index is 13.2. The Labute approximate surface area is 141 Å². The highest BCUT2D eigenvalue weighted by molar-refractivity contribution is 6.74. The second-order valence-electron chi connectivity index (χ2n) is 7.57. The van der Waals surface area contributed by atoms with Gasteiger partial charge in [0.2, 0.25) is 5.66 Å². The monoisotopic (exact) mass is 362 g/mol. The van der Waals surface area contributed by atoms with Crippen molar-refractivity contribution < 1.29 is 22.3 Å². The van der Waals surface area contributed by atoms with E-state index in [4.69, 9.17) is 9.16 Å². The molecule has 1 fully saturated rings. The molecule has 1 aliphatic heterocycles. The molecule has 4 nitrogen and oxygen atoms in total. The molecule has 1 saturated heterocycles. The molecular weight excluding hydrogens is 337 g/mol. The second kappa shape index (κ2) is 6.01. The van der Waals surface area contributed by atoms with Gasteiger partial charge in [0, 0.05) is 5.56 Å². The van der Waals surface area contributed by atoms with Crippen LogP contribution in [0.15, 0.2) is 18.2 Å². The minimum atomic E-state index is -4.43. The number of nitrogens with one attached hydrogen (secondary N) is 2. The molecule has 136 valence electrons. The molecule has 0 unspecified atom stereocenters. The summed E-state index contributed by atoms with van der Waals surface area (Å²) in [5.74, 6) is 0.524.